The van der Waals surface area contributed by atoms with Crippen molar-refractivity contribution in [1.82, 2.24) is 5.32 Å². The number of nitrogens with one attached hydrogen (secondary N) is 1. The Hall–Kier alpha value is -1.10. The fourth-order valence-corrected chi connectivity index (χ4v) is 1.74. The van der Waals surface area contributed by atoms with E-state index in [-0.39, 0.29) is 6.04 Å². The van der Waals surface area contributed by atoms with E-state index in [0.29, 0.717) is 13.2 Å². The van der Waals surface area contributed by atoms with Gasteiger partial charge in [-0.1, -0.05) is 19.1 Å². The van der Waals surface area contributed by atoms with Crippen molar-refractivity contribution in [2.45, 2.75) is 45.4 Å². The number of hydrogen-bond acceptors (Lipinski definition) is 4. The molecule has 0 aliphatic rings. The van der Waals surface area contributed by atoms with Crippen molar-refractivity contribution in [3.05, 3.63) is 29.8 Å². The molecule has 3 N–H and O–H groups in total. The summed E-state index contributed by atoms with van der Waals surface area (Å²) >= 11 is 0. The molecule has 0 aromatic heterocycles. The standard InChI is InChI=1S/C15H25NO3/c1-4-9-19-14-7-5-13(6-8-14)15(18)12(3)16-10-11(2)17/h5-8,11-12,15-18H,4,9-10H2,1-3H3. The van der Waals surface area contributed by atoms with Crippen LogP contribution in [0, 0.1) is 0 Å². The van der Waals surface area contributed by atoms with Crippen LogP contribution in [0.3, 0.4) is 0 Å². The lowest BCUT2D eigenvalue weighted by molar-refractivity contribution is 0.121. The molecule has 0 aliphatic carbocycles. The van der Waals surface area contributed by atoms with Gasteiger partial charge in [-0.15, -0.1) is 0 Å². The minimum Gasteiger partial charge on any atom is -0.494 e. The average molecular weight is 267 g/mol. The fourth-order valence-electron chi connectivity index (χ4n) is 1.74. The summed E-state index contributed by atoms with van der Waals surface area (Å²) < 4.78 is 5.50. The molecule has 1 rings (SSSR count). The van der Waals surface area contributed by atoms with Crippen LogP contribution in [-0.2, 0) is 0 Å². The first-order valence-electron chi connectivity index (χ1n) is 6.86. The molecule has 0 fully saturated rings. The van der Waals surface area contributed by atoms with Crippen LogP contribution in [-0.4, -0.2) is 35.5 Å². The van der Waals surface area contributed by atoms with Crippen LogP contribution in [0.5, 0.6) is 5.75 Å². The van der Waals surface area contributed by atoms with Crippen molar-refractivity contribution < 1.29 is 14.9 Å². The van der Waals surface area contributed by atoms with Gasteiger partial charge in [0.2, 0.25) is 0 Å². The van der Waals surface area contributed by atoms with Gasteiger partial charge in [-0.2, -0.15) is 0 Å². The predicted octanol–water partition coefficient (Wildman–Crippen LogP) is 1.87. The Morgan fingerprint density at radius 3 is 2.32 bits per heavy atom. The summed E-state index contributed by atoms with van der Waals surface area (Å²) in [6.45, 7) is 6.85. The zero-order valence-corrected chi connectivity index (χ0v) is 12.0. The average Bonchev–Trinajstić information content (AvgIpc) is 2.42. The van der Waals surface area contributed by atoms with Gasteiger partial charge in [-0.25, -0.2) is 0 Å². The normalized spacial score (nSPS) is 15.8. The largest absolute Gasteiger partial charge is 0.494 e. The zero-order chi connectivity index (χ0) is 14.3. The number of hydrogen-bond donors (Lipinski definition) is 3. The van der Waals surface area contributed by atoms with Gasteiger partial charge >= 0.3 is 0 Å². The van der Waals surface area contributed by atoms with Crippen molar-refractivity contribution in [2.24, 2.45) is 0 Å². The van der Waals surface area contributed by atoms with Crippen LogP contribution in [0.25, 0.3) is 0 Å². The highest BCUT2D eigenvalue weighted by molar-refractivity contribution is 5.29. The van der Waals surface area contributed by atoms with Crippen LogP contribution < -0.4 is 10.1 Å². The van der Waals surface area contributed by atoms with E-state index in [1.165, 1.54) is 0 Å². The van der Waals surface area contributed by atoms with E-state index >= 15 is 0 Å². The van der Waals surface area contributed by atoms with E-state index in [2.05, 4.69) is 12.2 Å². The molecule has 108 valence electrons. The molecule has 3 atom stereocenters. The van der Waals surface area contributed by atoms with Gasteiger partial charge in [0, 0.05) is 12.6 Å². The van der Waals surface area contributed by atoms with E-state index in [1.807, 2.05) is 31.2 Å². The van der Waals surface area contributed by atoms with Gasteiger partial charge in [0.25, 0.3) is 0 Å². The number of rotatable bonds is 8. The summed E-state index contributed by atoms with van der Waals surface area (Å²) in [5.74, 6) is 0.822. The molecular weight excluding hydrogens is 242 g/mol. The van der Waals surface area contributed by atoms with Crippen molar-refractivity contribution in [3.63, 3.8) is 0 Å². The van der Waals surface area contributed by atoms with Gasteiger partial charge in [0.05, 0.1) is 18.8 Å². The maximum atomic E-state index is 10.2. The molecule has 0 spiro atoms. The molecule has 0 heterocycles. The number of aliphatic hydroxyl groups is 2. The van der Waals surface area contributed by atoms with Crippen molar-refractivity contribution in [2.75, 3.05) is 13.2 Å². The molecule has 0 aliphatic heterocycles. The Morgan fingerprint density at radius 2 is 1.79 bits per heavy atom. The summed E-state index contributed by atoms with van der Waals surface area (Å²) in [6.07, 6.45) is -0.0385. The van der Waals surface area contributed by atoms with Crippen molar-refractivity contribution in [3.8, 4) is 5.75 Å². The van der Waals surface area contributed by atoms with Gasteiger partial charge in [-0.05, 0) is 38.0 Å². The van der Waals surface area contributed by atoms with Gasteiger partial charge in [-0.3, -0.25) is 0 Å². The first-order chi connectivity index (χ1) is 9.04. The summed E-state index contributed by atoms with van der Waals surface area (Å²) in [5, 5.41) is 22.5. The second-order valence-electron chi connectivity index (χ2n) is 4.91. The minimum atomic E-state index is -0.598. The van der Waals surface area contributed by atoms with Gasteiger partial charge in [0.1, 0.15) is 5.75 Å². The monoisotopic (exact) mass is 267 g/mol. The van der Waals surface area contributed by atoms with E-state index < -0.39 is 12.2 Å². The lowest BCUT2D eigenvalue weighted by Gasteiger charge is -2.21. The molecule has 0 radical (unpaired) electrons. The maximum absolute atomic E-state index is 10.2. The molecule has 4 heteroatoms. The molecule has 3 unspecified atom stereocenters. The highest BCUT2D eigenvalue weighted by atomic mass is 16.5. The number of benzene rings is 1. The Bertz CT molecular complexity index is 351. The van der Waals surface area contributed by atoms with Crippen LogP contribution in [0.15, 0.2) is 24.3 Å². The Morgan fingerprint density at radius 1 is 1.16 bits per heavy atom. The summed E-state index contributed by atoms with van der Waals surface area (Å²) in [6, 6.07) is 7.37. The van der Waals surface area contributed by atoms with E-state index in [1.54, 1.807) is 6.92 Å². The Labute approximate surface area is 115 Å². The lowest BCUT2D eigenvalue weighted by Crippen LogP contribution is -2.36. The van der Waals surface area contributed by atoms with Gasteiger partial charge < -0.3 is 20.3 Å². The van der Waals surface area contributed by atoms with Crippen molar-refractivity contribution in [1.29, 1.82) is 0 Å². The SMILES string of the molecule is CCCOc1ccc(C(O)C(C)NCC(C)O)cc1. The molecule has 0 saturated heterocycles. The Kier molecular flexibility index (Phi) is 6.84. The van der Waals surface area contributed by atoms with Crippen LogP contribution in [0.4, 0.5) is 0 Å². The smallest absolute Gasteiger partial charge is 0.119 e. The third kappa shape index (κ3) is 5.59. The van der Waals surface area contributed by atoms with Crippen LogP contribution in [0.2, 0.25) is 0 Å². The van der Waals surface area contributed by atoms with Crippen LogP contribution in [0.1, 0.15) is 38.9 Å². The first kappa shape index (κ1) is 16.0. The summed E-state index contributed by atoms with van der Waals surface area (Å²) in [5.41, 5.74) is 0.842. The molecular formula is C15H25NO3. The third-order valence-electron chi connectivity index (χ3n) is 2.90. The van der Waals surface area contributed by atoms with E-state index in [4.69, 9.17) is 4.74 Å². The molecule has 1 aromatic rings. The van der Waals surface area contributed by atoms with E-state index in [0.717, 1.165) is 17.7 Å². The molecule has 19 heavy (non-hydrogen) atoms. The number of aliphatic hydroxyl groups excluding tert-OH is 2. The minimum absolute atomic E-state index is 0.114. The third-order valence-corrected chi connectivity index (χ3v) is 2.90. The highest BCUT2D eigenvalue weighted by Crippen LogP contribution is 2.20. The molecule has 0 bridgehead atoms. The Balaban J connectivity index is 2.54. The molecule has 4 nitrogen and oxygen atoms in total. The second-order valence-corrected chi connectivity index (χ2v) is 4.91. The second kappa shape index (κ2) is 8.15. The zero-order valence-electron chi connectivity index (χ0n) is 12.0. The van der Waals surface area contributed by atoms with Crippen LogP contribution >= 0.6 is 0 Å². The quantitative estimate of drug-likeness (QED) is 0.673. The molecule has 0 amide bonds. The van der Waals surface area contributed by atoms with Crippen molar-refractivity contribution >= 4 is 0 Å². The molecule has 1 aromatic carbocycles. The predicted molar refractivity (Wildman–Crippen MR) is 76.3 cm³/mol. The first-order valence-corrected chi connectivity index (χ1v) is 6.86. The maximum Gasteiger partial charge on any atom is 0.119 e. The summed E-state index contributed by atoms with van der Waals surface area (Å²) in [7, 11) is 0. The summed E-state index contributed by atoms with van der Waals surface area (Å²) in [4.78, 5) is 0. The van der Waals surface area contributed by atoms with E-state index in [9.17, 15) is 10.2 Å². The lowest BCUT2D eigenvalue weighted by atomic mass is 10.0. The molecule has 0 saturated carbocycles. The van der Waals surface area contributed by atoms with Gasteiger partial charge in [0.15, 0.2) is 0 Å². The number of ether oxygens (including phenoxy) is 1. The fraction of sp³-hybridized carbons (Fsp3) is 0.600. The highest BCUT2D eigenvalue weighted by Gasteiger charge is 2.16. The topological polar surface area (TPSA) is 61.7 Å².